The van der Waals surface area contributed by atoms with Crippen molar-refractivity contribution in [1.82, 2.24) is 10.6 Å². The first-order valence-electron chi connectivity index (χ1n) is 8.93. The molecule has 2 amide bonds. The largest absolute Gasteiger partial charge is 0.377 e. The number of rotatable bonds is 17. The summed E-state index contributed by atoms with van der Waals surface area (Å²) in [6, 6.07) is 0. The molecule has 8 heteroatoms. The summed E-state index contributed by atoms with van der Waals surface area (Å²) in [5.41, 5.74) is 0. The maximum atomic E-state index is 11.3. The number of carbonyl (C=O) groups is 2. The topological polar surface area (TPSA) is 95.1 Å². The molecule has 0 atom stereocenters. The third-order valence-corrected chi connectivity index (χ3v) is 2.99. The standard InChI is InChI=1S/C17H34N2O6/c1-4-5-18-16(20)14-25-13-12-24-11-10-23-9-8-22-7-6-19-17(21)15(2)3/h15H,4-14H2,1-3H3,(H,18,20)(H,19,21). The molecule has 0 aromatic heterocycles. The summed E-state index contributed by atoms with van der Waals surface area (Å²) in [7, 11) is 0. The van der Waals surface area contributed by atoms with Gasteiger partial charge in [0.1, 0.15) is 6.61 Å². The molecule has 0 heterocycles. The Kier molecular flexibility index (Phi) is 16.7. The Balaban J connectivity index is 3.14. The Morgan fingerprint density at radius 1 is 0.760 bits per heavy atom. The van der Waals surface area contributed by atoms with Crippen LogP contribution in [0.5, 0.6) is 0 Å². The third kappa shape index (κ3) is 17.4. The molecule has 0 aliphatic heterocycles. The fourth-order valence-corrected chi connectivity index (χ4v) is 1.59. The maximum absolute atomic E-state index is 11.3. The number of ether oxygens (including phenoxy) is 4. The second-order valence-electron chi connectivity index (χ2n) is 5.69. The van der Waals surface area contributed by atoms with Crippen LogP contribution in [0.25, 0.3) is 0 Å². The molecule has 25 heavy (non-hydrogen) atoms. The molecule has 0 fully saturated rings. The summed E-state index contributed by atoms with van der Waals surface area (Å²) < 4.78 is 21.2. The maximum Gasteiger partial charge on any atom is 0.245 e. The molecule has 0 aromatic rings. The van der Waals surface area contributed by atoms with E-state index in [0.29, 0.717) is 59.3 Å². The summed E-state index contributed by atoms with van der Waals surface area (Å²) >= 11 is 0. The Hall–Kier alpha value is -1.22. The second kappa shape index (κ2) is 17.6. The van der Waals surface area contributed by atoms with Gasteiger partial charge in [0.05, 0.1) is 46.2 Å². The average molecular weight is 362 g/mol. The number of amides is 2. The summed E-state index contributed by atoms with van der Waals surface area (Å²) in [4.78, 5) is 22.5. The molecule has 148 valence electrons. The predicted octanol–water partition coefficient (Wildman–Crippen LogP) is 0.351. The third-order valence-electron chi connectivity index (χ3n) is 2.99. The van der Waals surface area contributed by atoms with Crippen LogP contribution in [-0.2, 0) is 28.5 Å². The van der Waals surface area contributed by atoms with Crippen LogP contribution < -0.4 is 10.6 Å². The van der Waals surface area contributed by atoms with Crippen LogP contribution in [0.15, 0.2) is 0 Å². The van der Waals surface area contributed by atoms with E-state index in [-0.39, 0.29) is 24.3 Å². The van der Waals surface area contributed by atoms with Crippen molar-refractivity contribution in [1.29, 1.82) is 0 Å². The van der Waals surface area contributed by atoms with Crippen molar-refractivity contribution in [3.63, 3.8) is 0 Å². The fourth-order valence-electron chi connectivity index (χ4n) is 1.59. The van der Waals surface area contributed by atoms with Crippen LogP contribution in [-0.4, -0.2) is 77.8 Å². The van der Waals surface area contributed by atoms with Gasteiger partial charge in [-0.15, -0.1) is 0 Å². The van der Waals surface area contributed by atoms with Gasteiger partial charge in [0, 0.05) is 19.0 Å². The van der Waals surface area contributed by atoms with Gasteiger partial charge in [-0.1, -0.05) is 20.8 Å². The first-order valence-corrected chi connectivity index (χ1v) is 8.93. The molecule has 2 N–H and O–H groups in total. The highest BCUT2D eigenvalue weighted by molar-refractivity contribution is 5.77. The van der Waals surface area contributed by atoms with Crippen molar-refractivity contribution in [2.45, 2.75) is 27.2 Å². The lowest BCUT2D eigenvalue weighted by atomic mass is 10.2. The van der Waals surface area contributed by atoms with E-state index in [9.17, 15) is 9.59 Å². The number of carbonyl (C=O) groups excluding carboxylic acids is 2. The summed E-state index contributed by atoms with van der Waals surface area (Å²) in [6.07, 6.45) is 0.911. The first kappa shape index (κ1) is 23.8. The molecule has 0 unspecified atom stereocenters. The summed E-state index contributed by atoms with van der Waals surface area (Å²) in [5.74, 6) is -0.0801. The molecular formula is C17H34N2O6. The molecule has 0 aliphatic rings. The zero-order valence-electron chi connectivity index (χ0n) is 15.8. The molecule has 0 saturated heterocycles. The van der Waals surface area contributed by atoms with Crippen molar-refractivity contribution < 1.29 is 28.5 Å². The monoisotopic (exact) mass is 362 g/mol. The van der Waals surface area contributed by atoms with Crippen molar-refractivity contribution in [3.8, 4) is 0 Å². The lowest BCUT2D eigenvalue weighted by Gasteiger charge is -2.09. The minimum Gasteiger partial charge on any atom is -0.377 e. The molecular weight excluding hydrogens is 328 g/mol. The van der Waals surface area contributed by atoms with E-state index in [2.05, 4.69) is 10.6 Å². The van der Waals surface area contributed by atoms with Crippen LogP contribution in [0.1, 0.15) is 27.2 Å². The number of hydrogen-bond acceptors (Lipinski definition) is 6. The Morgan fingerprint density at radius 3 is 1.80 bits per heavy atom. The lowest BCUT2D eigenvalue weighted by molar-refractivity contribution is -0.126. The molecule has 0 saturated carbocycles. The van der Waals surface area contributed by atoms with Gasteiger partial charge in [0.2, 0.25) is 11.8 Å². The van der Waals surface area contributed by atoms with Gasteiger partial charge in [-0.25, -0.2) is 0 Å². The van der Waals surface area contributed by atoms with E-state index < -0.39 is 0 Å². The van der Waals surface area contributed by atoms with Crippen LogP contribution in [0, 0.1) is 5.92 Å². The van der Waals surface area contributed by atoms with Crippen LogP contribution >= 0.6 is 0 Å². The van der Waals surface area contributed by atoms with Crippen LogP contribution in [0.4, 0.5) is 0 Å². The molecule has 0 radical (unpaired) electrons. The number of hydrogen-bond donors (Lipinski definition) is 2. The highest BCUT2D eigenvalue weighted by Gasteiger charge is 2.04. The van der Waals surface area contributed by atoms with E-state index in [0.717, 1.165) is 6.42 Å². The van der Waals surface area contributed by atoms with E-state index in [1.807, 2.05) is 20.8 Å². The van der Waals surface area contributed by atoms with Gasteiger partial charge in [-0.05, 0) is 6.42 Å². The summed E-state index contributed by atoms with van der Waals surface area (Å²) in [5, 5.41) is 5.50. The lowest BCUT2D eigenvalue weighted by Crippen LogP contribution is -2.31. The van der Waals surface area contributed by atoms with Crippen molar-refractivity contribution in [2.24, 2.45) is 5.92 Å². The van der Waals surface area contributed by atoms with E-state index in [1.165, 1.54) is 0 Å². The van der Waals surface area contributed by atoms with Gasteiger partial charge in [-0.2, -0.15) is 0 Å². The highest BCUT2D eigenvalue weighted by atomic mass is 16.6. The van der Waals surface area contributed by atoms with E-state index >= 15 is 0 Å². The van der Waals surface area contributed by atoms with Gasteiger partial charge in [-0.3, -0.25) is 9.59 Å². The molecule has 8 nitrogen and oxygen atoms in total. The second-order valence-corrected chi connectivity index (χ2v) is 5.69. The zero-order chi connectivity index (χ0) is 18.8. The molecule has 0 bridgehead atoms. The minimum absolute atomic E-state index is 0.00746. The molecule has 0 aliphatic carbocycles. The van der Waals surface area contributed by atoms with Crippen molar-refractivity contribution in [3.05, 3.63) is 0 Å². The highest BCUT2D eigenvalue weighted by Crippen LogP contribution is 1.89. The van der Waals surface area contributed by atoms with Gasteiger partial charge in [0.15, 0.2) is 0 Å². The average Bonchev–Trinajstić information content (AvgIpc) is 2.59. The summed E-state index contributed by atoms with van der Waals surface area (Å²) in [6.45, 7) is 10.1. The predicted molar refractivity (Wildman–Crippen MR) is 94.4 cm³/mol. The zero-order valence-corrected chi connectivity index (χ0v) is 15.8. The quantitative estimate of drug-likeness (QED) is 0.363. The van der Waals surface area contributed by atoms with Gasteiger partial charge in [0.25, 0.3) is 0 Å². The Morgan fingerprint density at radius 2 is 1.28 bits per heavy atom. The molecule has 0 spiro atoms. The number of nitrogens with one attached hydrogen (secondary N) is 2. The van der Waals surface area contributed by atoms with Crippen LogP contribution in [0.3, 0.4) is 0 Å². The van der Waals surface area contributed by atoms with Crippen LogP contribution in [0.2, 0.25) is 0 Å². The first-order chi connectivity index (χ1) is 12.1. The smallest absolute Gasteiger partial charge is 0.245 e. The van der Waals surface area contributed by atoms with E-state index in [4.69, 9.17) is 18.9 Å². The van der Waals surface area contributed by atoms with Gasteiger partial charge >= 0.3 is 0 Å². The Bertz CT molecular complexity index is 339. The fraction of sp³-hybridized carbons (Fsp3) is 0.882. The van der Waals surface area contributed by atoms with Gasteiger partial charge < -0.3 is 29.6 Å². The van der Waals surface area contributed by atoms with Crippen molar-refractivity contribution >= 4 is 11.8 Å². The molecule has 0 rings (SSSR count). The SMILES string of the molecule is CCCNC(=O)COCCOCCOCCOCCNC(=O)C(C)C. The minimum atomic E-state index is -0.103. The molecule has 0 aromatic carbocycles. The van der Waals surface area contributed by atoms with Crippen molar-refractivity contribution in [2.75, 3.05) is 65.9 Å². The van der Waals surface area contributed by atoms with E-state index in [1.54, 1.807) is 0 Å². The Labute approximate surface area is 150 Å². The normalized spacial score (nSPS) is 10.9.